The molecule has 0 heterocycles. The molecule has 0 unspecified atom stereocenters. The van der Waals surface area contributed by atoms with E-state index in [1.54, 1.807) is 21.1 Å². The van der Waals surface area contributed by atoms with Crippen LogP contribution in [0.3, 0.4) is 0 Å². The maximum absolute atomic E-state index is 13.4. The third-order valence-corrected chi connectivity index (χ3v) is 7.91. The molecule has 45 heavy (non-hydrogen) atoms. The van der Waals surface area contributed by atoms with Crippen molar-refractivity contribution in [3.05, 3.63) is 89.5 Å². The molecule has 10 heteroatoms. The van der Waals surface area contributed by atoms with Crippen molar-refractivity contribution < 1.29 is 29.0 Å². The first-order valence-electron chi connectivity index (χ1n) is 15.2. The minimum Gasteiger partial charge on any atom is -0.489 e. The van der Waals surface area contributed by atoms with E-state index in [1.165, 1.54) is 12.0 Å². The Labute approximate surface area is 266 Å². The van der Waals surface area contributed by atoms with E-state index in [2.05, 4.69) is 16.0 Å². The van der Waals surface area contributed by atoms with Gasteiger partial charge < -0.3 is 35.4 Å². The highest BCUT2D eigenvalue weighted by atomic mass is 16.5. The number of rotatable bonds is 18. The van der Waals surface area contributed by atoms with Crippen LogP contribution in [-0.4, -0.2) is 87.8 Å². The Kier molecular flexibility index (Phi) is 14.0. The summed E-state index contributed by atoms with van der Waals surface area (Å²) in [5.41, 5.74) is 4.37. The number of carboxylic acids is 1. The summed E-state index contributed by atoms with van der Waals surface area (Å²) in [4.78, 5) is 39.6. The van der Waals surface area contributed by atoms with Gasteiger partial charge in [-0.1, -0.05) is 60.7 Å². The Morgan fingerprint density at radius 3 is 2.18 bits per heavy atom. The Balaban J connectivity index is 1.88. The van der Waals surface area contributed by atoms with Gasteiger partial charge in [-0.3, -0.25) is 9.59 Å². The number of amides is 1. The third kappa shape index (κ3) is 10.1. The number of carboxylic acid groups (broad SMARTS) is 1. The Hall–Kier alpha value is -4.25. The van der Waals surface area contributed by atoms with Crippen LogP contribution in [0.15, 0.2) is 72.8 Å². The lowest BCUT2D eigenvalue weighted by atomic mass is 9.95. The molecule has 0 aliphatic heterocycles. The molecule has 3 aromatic carbocycles. The number of esters is 1. The molecule has 3 rings (SSSR count). The topological polar surface area (TPSA) is 129 Å². The molecule has 3 atom stereocenters. The number of aliphatic carboxylic acids is 1. The summed E-state index contributed by atoms with van der Waals surface area (Å²) in [7, 11) is 8.20. The van der Waals surface area contributed by atoms with Gasteiger partial charge in [0, 0.05) is 19.9 Å². The van der Waals surface area contributed by atoms with E-state index in [9.17, 15) is 19.5 Å². The number of ether oxygens (including phenoxy) is 2. The van der Waals surface area contributed by atoms with Gasteiger partial charge in [0.25, 0.3) is 0 Å². The summed E-state index contributed by atoms with van der Waals surface area (Å²) in [5.74, 6) is -1.00. The van der Waals surface area contributed by atoms with E-state index in [1.807, 2.05) is 79.8 Å². The lowest BCUT2D eigenvalue weighted by Gasteiger charge is -2.30. The van der Waals surface area contributed by atoms with Gasteiger partial charge in [0.15, 0.2) is 0 Å². The van der Waals surface area contributed by atoms with Crippen molar-refractivity contribution in [2.45, 2.75) is 50.4 Å². The number of hydrogen-bond donors (Lipinski definition) is 4. The predicted octanol–water partition coefficient (Wildman–Crippen LogP) is 3.28. The van der Waals surface area contributed by atoms with E-state index in [0.717, 1.165) is 40.8 Å². The minimum atomic E-state index is -0.950. The average molecular weight is 619 g/mol. The van der Waals surface area contributed by atoms with E-state index >= 15 is 0 Å². The van der Waals surface area contributed by atoms with E-state index in [0.29, 0.717) is 18.8 Å². The molecule has 0 saturated carbocycles. The molecule has 0 spiro atoms. The minimum absolute atomic E-state index is 0.173. The van der Waals surface area contributed by atoms with Gasteiger partial charge in [0.2, 0.25) is 5.91 Å². The van der Waals surface area contributed by atoms with Crippen LogP contribution in [-0.2, 0) is 38.6 Å². The maximum atomic E-state index is 13.4. The van der Waals surface area contributed by atoms with Crippen LogP contribution < -0.4 is 20.7 Å². The molecule has 0 bridgehead atoms. The van der Waals surface area contributed by atoms with Crippen molar-refractivity contribution in [3.8, 4) is 16.9 Å². The Morgan fingerprint density at radius 2 is 1.53 bits per heavy atom. The van der Waals surface area contributed by atoms with Gasteiger partial charge >= 0.3 is 11.9 Å². The standard InChI is InChI=1S/C35H46N4O6/c1-36-18-10-15-29(37-2)33(40)39(4)31(35(43)44-5)20-25-13-9-14-26(19-25)27-16-17-32(45-23-24-11-7-6-8-12-24)28(21-27)22-30(38-3)34(41)42/h6-9,11-14,16-17,19,21,29-31,36-38H,10,15,18,20,22-23H2,1-5H3,(H,41,42)/t29-,30-,31-/m0/s1. The fourth-order valence-electron chi connectivity index (χ4n) is 5.22. The zero-order valence-electron chi connectivity index (χ0n) is 26.8. The van der Waals surface area contributed by atoms with E-state index < -0.39 is 30.1 Å². The molecular formula is C35H46N4O6. The number of likely N-dealkylation sites (N-methyl/N-ethyl adjacent to an activating group) is 3. The van der Waals surface area contributed by atoms with Gasteiger partial charge in [0.1, 0.15) is 24.4 Å². The smallest absolute Gasteiger partial charge is 0.328 e. The van der Waals surface area contributed by atoms with Gasteiger partial charge in [-0.15, -0.1) is 0 Å². The van der Waals surface area contributed by atoms with Crippen LogP contribution in [0.5, 0.6) is 5.75 Å². The van der Waals surface area contributed by atoms with E-state index in [-0.39, 0.29) is 18.7 Å². The highest BCUT2D eigenvalue weighted by molar-refractivity contribution is 5.87. The van der Waals surface area contributed by atoms with Crippen molar-refractivity contribution in [2.24, 2.45) is 0 Å². The predicted molar refractivity (Wildman–Crippen MR) is 175 cm³/mol. The monoisotopic (exact) mass is 618 g/mol. The number of nitrogens with zero attached hydrogens (tertiary/aromatic N) is 1. The molecule has 0 saturated heterocycles. The maximum Gasteiger partial charge on any atom is 0.328 e. The summed E-state index contributed by atoms with van der Waals surface area (Å²) < 4.78 is 11.2. The first-order chi connectivity index (χ1) is 21.7. The molecule has 242 valence electrons. The van der Waals surface area contributed by atoms with Crippen molar-refractivity contribution in [2.75, 3.05) is 41.8 Å². The first kappa shape index (κ1) is 35.2. The highest BCUT2D eigenvalue weighted by Crippen LogP contribution is 2.30. The normalized spacial score (nSPS) is 13.0. The third-order valence-electron chi connectivity index (χ3n) is 7.91. The molecule has 4 N–H and O–H groups in total. The largest absolute Gasteiger partial charge is 0.489 e. The molecule has 1 amide bonds. The van der Waals surface area contributed by atoms with Gasteiger partial charge in [0.05, 0.1) is 13.2 Å². The molecule has 0 fully saturated rings. The van der Waals surface area contributed by atoms with Crippen LogP contribution in [0.25, 0.3) is 11.1 Å². The zero-order valence-corrected chi connectivity index (χ0v) is 26.8. The number of carbonyl (C=O) groups excluding carboxylic acids is 2. The summed E-state index contributed by atoms with van der Waals surface area (Å²) in [6, 6.07) is 21.3. The Morgan fingerprint density at radius 1 is 0.844 bits per heavy atom. The van der Waals surface area contributed by atoms with Crippen LogP contribution >= 0.6 is 0 Å². The molecule has 10 nitrogen and oxygen atoms in total. The van der Waals surface area contributed by atoms with Crippen molar-refractivity contribution in [1.29, 1.82) is 0 Å². The zero-order chi connectivity index (χ0) is 32.8. The van der Waals surface area contributed by atoms with Gasteiger partial charge in [-0.2, -0.15) is 0 Å². The lowest BCUT2D eigenvalue weighted by molar-refractivity contribution is -0.152. The molecule has 0 aromatic heterocycles. The lowest BCUT2D eigenvalue weighted by Crippen LogP contribution is -2.51. The highest BCUT2D eigenvalue weighted by Gasteiger charge is 2.31. The molecule has 0 radical (unpaired) electrons. The quantitative estimate of drug-likeness (QED) is 0.125. The second kappa shape index (κ2) is 17.9. The first-order valence-corrected chi connectivity index (χ1v) is 15.2. The van der Waals surface area contributed by atoms with Gasteiger partial charge in [-0.25, -0.2) is 4.79 Å². The van der Waals surface area contributed by atoms with Crippen LogP contribution in [0.4, 0.5) is 0 Å². The number of carbonyl (C=O) groups is 3. The second-order valence-electron chi connectivity index (χ2n) is 11.0. The summed E-state index contributed by atoms with van der Waals surface area (Å²) in [5, 5.41) is 18.7. The number of nitrogens with one attached hydrogen (secondary N) is 3. The van der Waals surface area contributed by atoms with Crippen molar-refractivity contribution in [1.82, 2.24) is 20.9 Å². The molecular weight excluding hydrogens is 572 g/mol. The summed E-state index contributed by atoms with van der Waals surface area (Å²) in [6.07, 6.45) is 1.93. The van der Waals surface area contributed by atoms with E-state index in [4.69, 9.17) is 9.47 Å². The van der Waals surface area contributed by atoms with Crippen molar-refractivity contribution >= 4 is 17.8 Å². The van der Waals surface area contributed by atoms with Crippen LogP contribution in [0.2, 0.25) is 0 Å². The molecule has 0 aliphatic carbocycles. The number of hydrogen-bond acceptors (Lipinski definition) is 8. The van der Waals surface area contributed by atoms with Gasteiger partial charge in [-0.05, 0) is 80.5 Å². The number of methoxy groups -OCH3 is 1. The fraction of sp³-hybridized carbons (Fsp3) is 0.400. The van der Waals surface area contributed by atoms with Crippen LogP contribution in [0.1, 0.15) is 29.5 Å². The molecule has 0 aliphatic rings. The Bertz CT molecular complexity index is 1400. The SMILES string of the molecule is CNCCC[C@H](NC)C(=O)N(C)[C@@H](Cc1cccc(-c2ccc(OCc3ccccc3)c(C[C@H](NC)C(=O)O)c2)c1)C(=O)OC. The molecule has 3 aromatic rings. The van der Waals surface area contributed by atoms with Crippen LogP contribution in [0, 0.1) is 0 Å². The average Bonchev–Trinajstić information content (AvgIpc) is 3.06. The second-order valence-corrected chi connectivity index (χ2v) is 11.0. The summed E-state index contributed by atoms with van der Waals surface area (Å²) >= 11 is 0. The van der Waals surface area contributed by atoms with Crippen molar-refractivity contribution in [3.63, 3.8) is 0 Å². The number of benzene rings is 3. The summed E-state index contributed by atoms with van der Waals surface area (Å²) in [6.45, 7) is 1.14. The fourth-order valence-corrected chi connectivity index (χ4v) is 5.22.